The molecule has 1 aromatic rings. The van der Waals surface area contributed by atoms with Gasteiger partial charge in [-0.15, -0.1) is 0 Å². The standard InChI is InChI=1S/C12H14N4O2/c13-6-9-7-16(3-4-18-9)10-5-11(17)15-12(14-10)8-1-2-8/h5,8-9H,1-4,7H2,(H,14,15,17). The van der Waals surface area contributed by atoms with Crippen LogP contribution in [-0.4, -0.2) is 35.8 Å². The van der Waals surface area contributed by atoms with E-state index in [1.807, 2.05) is 4.90 Å². The minimum Gasteiger partial charge on any atom is -0.360 e. The van der Waals surface area contributed by atoms with Crippen LogP contribution < -0.4 is 10.5 Å². The number of morpholine rings is 1. The maximum atomic E-state index is 11.6. The number of nitrogens with one attached hydrogen (secondary N) is 1. The van der Waals surface area contributed by atoms with Gasteiger partial charge in [-0.25, -0.2) is 4.98 Å². The largest absolute Gasteiger partial charge is 0.360 e. The number of rotatable bonds is 2. The van der Waals surface area contributed by atoms with E-state index in [2.05, 4.69) is 16.0 Å². The Morgan fingerprint density at radius 3 is 3.11 bits per heavy atom. The lowest BCUT2D eigenvalue weighted by Gasteiger charge is -2.30. The molecule has 1 aliphatic carbocycles. The molecule has 18 heavy (non-hydrogen) atoms. The Morgan fingerprint density at radius 2 is 2.39 bits per heavy atom. The van der Waals surface area contributed by atoms with Crippen LogP contribution in [0.25, 0.3) is 0 Å². The van der Waals surface area contributed by atoms with Gasteiger partial charge in [-0.2, -0.15) is 5.26 Å². The topological polar surface area (TPSA) is 82.0 Å². The van der Waals surface area contributed by atoms with Crippen molar-refractivity contribution in [3.63, 3.8) is 0 Å². The fraction of sp³-hybridized carbons (Fsp3) is 0.583. The zero-order valence-corrected chi connectivity index (χ0v) is 9.93. The van der Waals surface area contributed by atoms with E-state index in [4.69, 9.17) is 10.00 Å². The summed E-state index contributed by atoms with van der Waals surface area (Å²) in [7, 11) is 0. The van der Waals surface area contributed by atoms with Crippen molar-refractivity contribution in [2.24, 2.45) is 0 Å². The van der Waals surface area contributed by atoms with E-state index < -0.39 is 6.10 Å². The molecule has 1 N–H and O–H groups in total. The van der Waals surface area contributed by atoms with Gasteiger partial charge in [0.1, 0.15) is 11.6 Å². The molecular formula is C12H14N4O2. The summed E-state index contributed by atoms with van der Waals surface area (Å²) in [5.74, 6) is 1.84. The van der Waals surface area contributed by atoms with Gasteiger partial charge in [-0.3, -0.25) is 4.79 Å². The second-order valence-corrected chi connectivity index (χ2v) is 4.70. The van der Waals surface area contributed by atoms with Crippen molar-refractivity contribution < 1.29 is 4.74 Å². The maximum Gasteiger partial charge on any atom is 0.252 e. The van der Waals surface area contributed by atoms with Gasteiger partial charge in [0.15, 0.2) is 6.10 Å². The van der Waals surface area contributed by atoms with Crippen molar-refractivity contribution in [1.29, 1.82) is 5.26 Å². The quantitative estimate of drug-likeness (QED) is 0.815. The third-order valence-corrected chi connectivity index (χ3v) is 3.24. The Kier molecular flexibility index (Phi) is 2.76. The molecule has 94 valence electrons. The van der Waals surface area contributed by atoms with Gasteiger partial charge in [0, 0.05) is 18.5 Å². The highest BCUT2D eigenvalue weighted by atomic mass is 16.5. The van der Waals surface area contributed by atoms with Crippen LogP contribution in [0, 0.1) is 11.3 Å². The summed E-state index contributed by atoms with van der Waals surface area (Å²) in [6.07, 6.45) is 1.75. The van der Waals surface area contributed by atoms with Gasteiger partial charge in [-0.05, 0) is 12.8 Å². The SMILES string of the molecule is N#CC1CN(c2cc(=O)[nH]c(C3CC3)n2)CCO1. The number of H-pyrrole nitrogens is 1. The number of hydrogen-bond acceptors (Lipinski definition) is 5. The highest BCUT2D eigenvalue weighted by Crippen LogP contribution is 2.37. The molecule has 0 spiro atoms. The van der Waals surface area contributed by atoms with Crippen molar-refractivity contribution in [3.8, 4) is 6.07 Å². The molecule has 0 amide bonds. The van der Waals surface area contributed by atoms with Gasteiger partial charge in [0.25, 0.3) is 5.56 Å². The van der Waals surface area contributed by atoms with Crippen LogP contribution in [0.3, 0.4) is 0 Å². The average Bonchev–Trinajstić information content (AvgIpc) is 3.22. The average molecular weight is 246 g/mol. The van der Waals surface area contributed by atoms with E-state index in [1.54, 1.807) is 0 Å². The Morgan fingerprint density at radius 1 is 1.56 bits per heavy atom. The Bertz CT molecular complexity index is 544. The van der Waals surface area contributed by atoms with Gasteiger partial charge < -0.3 is 14.6 Å². The van der Waals surface area contributed by atoms with Crippen molar-refractivity contribution in [1.82, 2.24) is 9.97 Å². The predicted octanol–water partition coefficient (Wildman–Crippen LogP) is 0.376. The molecule has 6 heteroatoms. The second kappa shape index (κ2) is 4.42. The van der Waals surface area contributed by atoms with E-state index in [-0.39, 0.29) is 5.56 Å². The summed E-state index contributed by atoms with van der Waals surface area (Å²) in [5, 5.41) is 8.87. The number of anilines is 1. The summed E-state index contributed by atoms with van der Waals surface area (Å²) in [5.41, 5.74) is -0.123. The summed E-state index contributed by atoms with van der Waals surface area (Å²) in [6, 6.07) is 3.58. The normalized spacial score (nSPS) is 23.7. The molecule has 2 fully saturated rings. The molecule has 1 aliphatic heterocycles. The van der Waals surface area contributed by atoms with Crippen LogP contribution in [0.5, 0.6) is 0 Å². The van der Waals surface area contributed by atoms with E-state index in [0.29, 0.717) is 31.4 Å². The fourth-order valence-electron chi connectivity index (χ4n) is 2.11. The minimum atomic E-state index is -0.441. The first-order valence-electron chi connectivity index (χ1n) is 6.13. The van der Waals surface area contributed by atoms with Crippen LogP contribution in [0.1, 0.15) is 24.6 Å². The lowest BCUT2D eigenvalue weighted by molar-refractivity contribution is 0.0761. The molecule has 1 unspecified atom stereocenters. The first-order chi connectivity index (χ1) is 8.76. The van der Waals surface area contributed by atoms with E-state index in [1.165, 1.54) is 6.07 Å². The minimum absolute atomic E-state index is 0.123. The monoisotopic (exact) mass is 246 g/mol. The summed E-state index contributed by atoms with van der Waals surface area (Å²) in [6.45, 7) is 1.63. The van der Waals surface area contributed by atoms with E-state index in [0.717, 1.165) is 18.7 Å². The predicted molar refractivity (Wildman–Crippen MR) is 64.4 cm³/mol. The van der Waals surface area contributed by atoms with Gasteiger partial charge in [0.2, 0.25) is 0 Å². The number of aromatic nitrogens is 2. The fourth-order valence-corrected chi connectivity index (χ4v) is 2.11. The highest BCUT2D eigenvalue weighted by Gasteiger charge is 2.28. The highest BCUT2D eigenvalue weighted by molar-refractivity contribution is 5.39. The molecule has 1 saturated carbocycles. The van der Waals surface area contributed by atoms with Crippen molar-refractivity contribution in [2.45, 2.75) is 24.9 Å². The Hall–Kier alpha value is -1.87. The molecular weight excluding hydrogens is 232 g/mol. The lowest BCUT2D eigenvalue weighted by atomic mass is 10.3. The van der Waals surface area contributed by atoms with Gasteiger partial charge >= 0.3 is 0 Å². The summed E-state index contributed by atoms with van der Waals surface area (Å²) in [4.78, 5) is 20.8. The zero-order chi connectivity index (χ0) is 12.5. The lowest BCUT2D eigenvalue weighted by Crippen LogP contribution is -2.42. The smallest absolute Gasteiger partial charge is 0.252 e. The van der Waals surface area contributed by atoms with Crippen molar-refractivity contribution in [2.75, 3.05) is 24.6 Å². The molecule has 6 nitrogen and oxygen atoms in total. The number of aromatic amines is 1. The Labute approximate surface area is 104 Å². The van der Waals surface area contributed by atoms with Crippen molar-refractivity contribution >= 4 is 5.82 Å². The van der Waals surface area contributed by atoms with Gasteiger partial charge in [-0.1, -0.05) is 0 Å². The Balaban J connectivity index is 1.86. The molecule has 3 rings (SSSR count). The molecule has 0 radical (unpaired) electrons. The molecule has 2 heterocycles. The molecule has 2 aliphatic rings. The first-order valence-corrected chi connectivity index (χ1v) is 6.13. The molecule has 1 aromatic heterocycles. The molecule has 1 saturated heterocycles. The number of ether oxygens (including phenoxy) is 1. The van der Waals surface area contributed by atoms with Gasteiger partial charge in [0.05, 0.1) is 19.2 Å². The molecule has 1 atom stereocenters. The van der Waals surface area contributed by atoms with E-state index >= 15 is 0 Å². The van der Waals surface area contributed by atoms with Crippen LogP contribution in [-0.2, 0) is 4.74 Å². The summed E-state index contributed by atoms with van der Waals surface area (Å²) >= 11 is 0. The van der Waals surface area contributed by atoms with Crippen LogP contribution in [0.2, 0.25) is 0 Å². The van der Waals surface area contributed by atoms with E-state index in [9.17, 15) is 4.79 Å². The number of nitriles is 1. The van der Waals surface area contributed by atoms with Crippen molar-refractivity contribution in [3.05, 3.63) is 22.2 Å². The first kappa shape index (κ1) is 11.2. The van der Waals surface area contributed by atoms with Crippen LogP contribution in [0.4, 0.5) is 5.82 Å². The third kappa shape index (κ3) is 2.22. The number of hydrogen-bond donors (Lipinski definition) is 1. The van der Waals surface area contributed by atoms with Crippen LogP contribution in [0.15, 0.2) is 10.9 Å². The van der Waals surface area contributed by atoms with Crippen LogP contribution >= 0.6 is 0 Å². The third-order valence-electron chi connectivity index (χ3n) is 3.24. The maximum absolute atomic E-state index is 11.6. The molecule has 0 aromatic carbocycles. The second-order valence-electron chi connectivity index (χ2n) is 4.70. The zero-order valence-electron chi connectivity index (χ0n) is 9.93. The summed E-state index contributed by atoms with van der Waals surface area (Å²) < 4.78 is 5.28. The molecule has 0 bridgehead atoms. The number of nitrogens with zero attached hydrogens (tertiary/aromatic N) is 3.